The Morgan fingerprint density at radius 2 is 2.15 bits per heavy atom. The average molecular weight is 277 g/mol. The molecule has 1 heterocycles. The molecule has 1 amide bonds. The molecule has 0 bridgehead atoms. The summed E-state index contributed by atoms with van der Waals surface area (Å²) in [7, 11) is 0. The zero-order valence-electron chi connectivity index (χ0n) is 10.8. The molecule has 104 valence electrons. The van der Waals surface area contributed by atoms with Crippen LogP contribution in [0.2, 0.25) is 0 Å². The number of aromatic nitrogens is 1. The van der Waals surface area contributed by atoms with Gasteiger partial charge in [-0.05, 0) is 24.6 Å². The quantitative estimate of drug-likeness (QED) is 0.905. The van der Waals surface area contributed by atoms with Gasteiger partial charge in [-0.2, -0.15) is 0 Å². The van der Waals surface area contributed by atoms with Gasteiger partial charge in [0.2, 0.25) is 5.91 Å². The number of amides is 1. The van der Waals surface area contributed by atoms with Gasteiger partial charge in [0.05, 0.1) is 18.3 Å². The molecule has 0 fully saturated rings. The monoisotopic (exact) mass is 277 g/mol. The van der Waals surface area contributed by atoms with E-state index in [0.29, 0.717) is 11.5 Å². The van der Waals surface area contributed by atoms with Crippen LogP contribution in [0.1, 0.15) is 11.1 Å². The maximum absolute atomic E-state index is 13.4. The molecule has 0 saturated heterocycles. The molecule has 20 heavy (non-hydrogen) atoms. The third kappa shape index (κ3) is 3.09. The van der Waals surface area contributed by atoms with E-state index in [-0.39, 0.29) is 12.0 Å². The van der Waals surface area contributed by atoms with Crippen molar-refractivity contribution in [3.05, 3.63) is 53.2 Å². The molecule has 3 N–H and O–H groups in total. The summed E-state index contributed by atoms with van der Waals surface area (Å²) < 4.78 is 26.5. The molecule has 0 radical (unpaired) electrons. The molecular formula is C14H13F2N3O. The molecule has 1 aromatic heterocycles. The molecule has 1 aromatic carbocycles. The molecule has 6 heteroatoms. The van der Waals surface area contributed by atoms with E-state index in [0.717, 1.165) is 11.6 Å². The maximum atomic E-state index is 13.4. The molecule has 0 atom stereocenters. The van der Waals surface area contributed by atoms with Crippen molar-refractivity contribution in [3.63, 3.8) is 0 Å². The second-order valence-corrected chi connectivity index (χ2v) is 4.36. The molecule has 0 unspecified atom stereocenters. The van der Waals surface area contributed by atoms with Gasteiger partial charge in [-0.1, -0.05) is 12.1 Å². The highest BCUT2D eigenvalue weighted by Gasteiger charge is 2.12. The minimum Gasteiger partial charge on any atom is -0.397 e. The van der Waals surface area contributed by atoms with Crippen molar-refractivity contribution in [2.24, 2.45) is 0 Å². The van der Waals surface area contributed by atoms with Crippen LogP contribution in [0.5, 0.6) is 0 Å². The Hall–Kier alpha value is -2.50. The van der Waals surface area contributed by atoms with Gasteiger partial charge in [-0.3, -0.25) is 4.79 Å². The topological polar surface area (TPSA) is 68.0 Å². The van der Waals surface area contributed by atoms with Gasteiger partial charge >= 0.3 is 0 Å². The Morgan fingerprint density at radius 1 is 1.40 bits per heavy atom. The fourth-order valence-corrected chi connectivity index (χ4v) is 1.68. The van der Waals surface area contributed by atoms with E-state index in [4.69, 9.17) is 5.73 Å². The van der Waals surface area contributed by atoms with Crippen molar-refractivity contribution in [1.29, 1.82) is 0 Å². The number of nitrogens with one attached hydrogen (secondary N) is 1. The summed E-state index contributed by atoms with van der Waals surface area (Å²) in [6.45, 7) is 1.78. The Bertz CT molecular complexity index is 659. The largest absolute Gasteiger partial charge is 0.397 e. The van der Waals surface area contributed by atoms with Crippen LogP contribution in [0, 0.1) is 18.6 Å². The predicted octanol–water partition coefficient (Wildman–Crippen LogP) is 2.43. The minimum absolute atomic E-state index is 0.00494. The van der Waals surface area contributed by atoms with Crippen LogP contribution in [0.4, 0.5) is 20.3 Å². The summed E-state index contributed by atoms with van der Waals surface area (Å²) in [6, 6.07) is 5.32. The van der Waals surface area contributed by atoms with Gasteiger partial charge in [0.25, 0.3) is 0 Å². The highest BCUT2D eigenvalue weighted by atomic mass is 19.2. The predicted molar refractivity (Wildman–Crippen MR) is 72.1 cm³/mol. The van der Waals surface area contributed by atoms with Crippen LogP contribution in [-0.4, -0.2) is 10.9 Å². The van der Waals surface area contributed by atoms with Gasteiger partial charge in [-0.25, -0.2) is 13.8 Å². The SMILES string of the molecule is Cc1cc(NC(=O)Cc2cccc(F)c2F)ncc1N. The van der Waals surface area contributed by atoms with Crippen molar-refractivity contribution in [3.8, 4) is 0 Å². The van der Waals surface area contributed by atoms with Gasteiger partial charge in [0.15, 0.2) is 11.6 Å². The van der Waals surface area contributed by atoms with Crippen molar-refractivity contribution in [2.45, 2.75) is 13.3 Å². The van der Waals surface area contributed by atoms with Gasteiger partial charge in [0.1, 0.15) is 5.82 Å². The second-order valence-electron chi connectivity index (χ2n) is 4.36. The first-order valence-electron chi connectivity index (χ1n) is 5.92. The van der Waals surface area contributed by atoms with Crippen LogP contribution in [0.25, 0.3) is 0 Å². The summed E-state index contributed by atoms with van der Waals surface area (Å²) >= 11 is 0. The number of aryl methyl sites for hydroxylation is 1. The Balaban J connectivity index is 2.09. The number of hydrogen-bond acceptors (Lipinski definition) is 3. The molecule has 4 nitrogen and oxygen atoms in total. The highest BCUT2D eigenvalue weighted by molar-refractivity contribution is 5.91. The maximum Gasteiger partial charge on any atom is 0.230 e. The number of hydrogen-bond donors (Lipinski definition) is 2. The molecule has 0 spiro atoms. The number of carbonyl (C=O) groups is 1. The van der Waals surface area contributed by atoms with Crippen LogP contribution in [0.3, 0.4) is 0 Å². The Morgan fingerprint density at radius 3 is 2.85 bits per heavy atom. The summed E-state index contributed by atoms with van der Waals surface area (Å²) in [5, 5.41) is 2.51. The smallest absolute Gasteiger partial charge is 0.230 e. The number of halogens is 2. The second kappa shape index (κ2) is 5.64. The van der Waals surface area contributed by atoms with Crippen LogP contribution in [0.15, 0.2) is 30.5 Å². The lowest BCUT2D eigenvalue weighted by Crippen LogP contribution is -2.16. The third-order valence-electron chi connectivity index (χ3n) is 2.80. The van der Waals surface area contributed by atoms with E-state index in [1.807, 2.05) is 0 Å². The van der Waals surface area contributed by atoms with Crippen LogP contribution < -0.4 is 11.1 Å². The number of nitrogens with zero attached hydrogens (tertiary/aromatic N) is 1. The number of rotatable bonds is 3. The molecule has 0 aliphatic heterocycles. The molecule has 0 saturated carbocycles. The Labute approximate surface area is 114 Å². The summed E-state index contributed by atoms with van der Waals surface area (Å²) in [6.07, 6.45) is 1.16. The normalized spacial score (nSPS) is 10.3. The van der Waals surface area contributed by atoms with Gasteiger partial charge in [0, 0.05) is 5.56 Å². The number of carbonyl (C=O) groups excluding carboxylic acids is 1. The zero-order valence-corrected chi connectivity index (χ0v) is 10.8. The van der Waals surface area contributed by atoms with E-state index in [1.165, 1.54) is 18.3 Å². The summed E-state index contributed by atoms with van der Waals surface area (Å²) in [5.74, 6) is -2.15. The van der Waals surface area contributed by atoms with Crippen molar-refractivity contribution < 1.29 is 13.6 Å². The van der Waals surface area contributed by atoms with E-state index < -0.39 is 17.5 Å². The molecule has 2 aromatic rings. The first-order valence-corrected chi connectivity index (χ1v) is 5.92. The first-order chi connectivity index (χ1) is 9.47. The number of benzene rings is 1. The average Bonchev–Trinajstić information content (AvgIpc) is 2.39. The lowest BCUT2D eigenvalue weighted by Gasteiger charge is -2.07. The lowest BCUT2D eigenvalue weighted by atomic mass is 10.1. The van der Waals surface area contributed by atoms with Crippen LogP contribution >= 0.6 is 0 Å². The molecule has 0 aliphatic rings. The first kappa shape index (κ1) is 13.9. The molecule has 2 rings (SSSR count). The van der Waals surface area contributed by atoms with Crippen molar-refractivity contribution in [1.82, 2.24) is 4.98 Å². The Kier molecular flexibility index (Phi) is 3.93. The van der Waals surface area contributed by atoms with Crippen molar-refractivity contribution in [2.75, 3.05) is 11.1 Å². The van der Waals surface area contributed by atoms with E-state index in [1.54, 1.807) is 13.0 Å². The van der Waals surface area contributed by atoms with Gasteiger partial charge < -0.3 is 11.1 Å². The van der Waals surface area contributed by atoms with E-state index in [2.05, 4.69) is 10.3 Å². The molecular weight excluding hydrogens is 264 g/mol. The number of anilines is 2. The summed E-state index contributed by atoms with van der Waals surface area (Å²) in [5.41, 5.74) is 6.89. The fourth-order valence-electron chi connectivity index (χ4n) is 1.68. The third-order valence-corrected chi connectivity index (χ3v) is 2.80. The molecule has 0 aliphatic carbocycles. The highest BCUT2D eigenvalue weighted by Crippen LogP contribution is 2.15. The fraction of sp³-hybridized carbons (Fsp3) is 0.143. The number of nitrogen functional groups attached to an aromatic ring is 1. The lowest BCUT2D eigenvalue weighted by molar-refractivity contribution is -0.115. The number of nitrogens with two attached hydrogens (primary N) is 1. The summed E-state index contributed by atoms with van der Waals surface area (Å²) in [4.78, 5) is 15.7. The standard InChI is InChI=1S/C14H13F2N3O/c1-8-5-12(18-7-11(8)17)19-13(20)6-9-3-2-4-10(15)14(9)16/h2-5,7H,6,17H2,1H3,(H,18,19,20). The minimum atomic E-state index is -1.01. The zero-order chi connectivity index (χ0) is 14.7. The van der Waals surface area contributed by atoms with Crippen molar-refractivity contribution >= 4 is 17.4 Å². The van der Waals surface area contributed by atoms with E-state index in [9.17, 15) is 13.6 Å². The van der Waals surface area contributed by atoms with Gasteiger partial charge in [-0.15, -0.1) is 0 Å². The van der Waals surface area contributed by atoms with E-state index >= 15 is 0 Å². The number of pyridine rings is 1. The van der Waals surface area contributed by atoms with Crippen LogP contribution in [-0.2, 0) is 11.2 Å².